The van der Waals surface area contributed by atoms with Crippen molar-refractivity contribution in [2.24, 2.45) is 0 Å². The molecule has 1 aromatic heterocycles. The molecule has 0 atom stereocenters. The Bertz CT molecular complexity index is 978. The maximum Gasteiger partial charge on any atom is 0.242 e. The predicted molar refractivity (Wildman–Crippen MR) is 99.0 cm³/mol. The Morgan fingerprint density at radius 1 is 1.17 bits per heavy atom. The molecule has 0 bridgehead atoms. The van der Waals surface area contributed by atoms with E-state index < -0.39 is 10.0 Å². The Morgan fingerprint density at radius 2 is 1.96 bits per heavy atom. The average Bonchev–Trinajstić information content (AvgIpc) is 2.92. The lowest BCUT2D eigenvalue weighted by Crippen LogP contribution is -2.22. The summed E-state index contributed by atoms with van der Waals surface area (Å²) in [6.07, 6.45) is 0. The molecular weight excluding hydrogens is 342 g/mol. The molecule has 0 aliphatic rings. The van der Waals surface area contributed by atoms with Crippen molar-refractivity contribution in [1.29, 1.82) is 0 Å². The molecule has 1 N–H and O–H groups in total. The molecular formula is C17H19N3O2S2. The van der Waals surface area contributed by atoms with Crippen LogP contribution in [0, 0.1) is 6.92 Å². The van der Waals surface area contributed by atoms with Crippen molar-refractivity contribution in [3.63, 3.8) is 0 Å². The third kappa shape index (κ3) is 3.43. The van der Waals surface area contributed by atoms with Crippen LogP contribution in [0.3, 0.4) is 0 Å². The SMILES string of the molecule is Cc1nc2ccc(NCc3cccc(S(=O)(=O)N(C)C)c3)cc2s1. The lowest BCUT2D eigenvalue weighted by atomic mass is 10.2. The molecule has 0 fully saturated rings. The Hall–Kier alpha value is -1.96. The van der Waals surface area contributed by atoms with E-state index in [1.54, 1.807) is 29.5 Å². The first-order valence-electron chi connectivity index (χ1n) is 7.49. The van der Waals surface area contributed by atoms with E-state index in [-0.39, 0.29) is 0 Å². The summed E-state index contributed by atoms with van der Waals surface area (Å²) in [5.41, 5.74) is 2.91. The molecule has 3 rings (SSSR count). The van der Waals surface area contributed by atoms with Crippen molar-refractivity contribution in [2.75, 3.05) is 19.4 Å². The van der Waals surface area contributed by atoms with E-state index in [9.17, 15) is 8.42 Å². The number of nitrogens with zero attached hydrogens (tertiary/aromatic N) is 2. The highest BCUT2D eigenvalue weighted by atomic mass is 32.2. The molecule has 0 aliphatic carbocycles. The van der Waals surface area contributed by atoms with Gasteiger partial charge in [0.05, 0.1) is 20.1 Å². The number of hydrogen-bond donors (Lipinski definition) is 1. The smallest absolute Gasteiger partial charge is 0.242 e. The molecule has 0 amide bonds. The van der Waals surface area contributed by atoms with Crippen molar-refractivity contribution < 1.29 is 8.42 Å². The maximum atomic E-state index is 12.2. The van der Waals surface area contributed by atoms with Crippen molar-refractivity contribution in [3.8, 4) is 0 Å². The van der Waals surface area contributed by atoms with E-state index in [0.717, 1.165) is 26.5 Å². The average molecular weight is 361 g/mol. The summed E-state index contributed by atoms with van der Waals surface area (Å²) < 4.78 is 26.8. The van der Waals surface area contributed by atoms with Gasteiger partial charge in [-0.15, -0.1) is 11.3 Å². The van der Waals surface area contributed by atoms with E-state index in [4.69, 9.17) is 0 Å². The van der Waals surface area contributed by atoms with E-state index in [2.05, 4.69) is 16.4 Å². The Balaban J connectivity index is 1.78. The zero-order valence-electron chi connectivity index (χ0n) is 13.8. The van der Waals surface area contributed by atoms with Gasteiger partial charge in [0, 0.05) is 26.3 Å². The largest absolute Gasteiger partial charge is 0.381 e. The van der Waals surface area contributed by atoms with E-state index in [1.807, 2.05) is 25.1 Å². The molecule has 7 heteroatoms. The number of thiazole rings is 1. The predicted octanol–water partition coefficient (Wildman–Crippen LogP) is 3.47. The van der Waals surface area contributed by atoms with Crippen LogP contribution in [-0.2, 0) is 16.6 Å². The highest BCUT2D eigenvalue weighted by molar-refractivity contribution is 7.89. The number of benzene rings is 2. The van der Waals surface area contributed by atoms with Gasteiger partial charge in [-0.05, 0) is 42.8 Å². The van der Waals surface area contributed by atoms with E-state index >= 15 is 0 Å². The summed E-state index contributed by atoms with van der Waals surface area (Å²) in [5.74, 6) is 0. The normalized spacial score (nSPS) is 12.0. The summed E-state index contributed by atoms with van der Waals surface area (Å²) >= 11 is 1.66. The van der Waals surface area contributed by atoms with Gasteiger partial charge in [0.15, 0.2) is 0 Å². The van der Waals surface area contributed by atoms with Crippen LogP contribution in [0.25, 0.3) is 10.2 Å². The van der Waals surface area contributed by atoms with Gasteiger partial charge in [-0.2, -0.15) is 0 Å². The quantitative estimate of drug-likeness (QED) is 0.756. The Labute approximate surface area is 146 Å². The molecule has 0 radical (unpaired) electrons. The fraction of sp³-hybridized carbons (Fsp3) is 0.235. The van der Waals surface area contributed by atoms with Gasteiger partial charge < -0.3 is 5.32 Å². The van der Waals surface area contributed by atoms with Crippen LogP contribution in [0.1, 0.15) is 10.6 Å². The van der Waals surface area contributed by atoms with Gasteiger partial charge >= 0.3 is 0 Å². The molecule has 126 valence electrons. The van der Waals surface area contributed by atoms with Crippen molar-refractivity contribution in [2.45, 2.75) is 18.4 Å². The molecule has 0 saturated carbocycles. The number of sulfonamides is 1. The highest BCUT2D eigenvalue weighted by Gasteiger charge is 2.17. The minimum atomic E-state index is -3.41. The van der Waals surface area contributed by atoms with Crippen LogP contribution < -0.4 is 5.32 Å². The van der Waals surface area contributed by atoms with Crippen molar-refractivity contribution >= 4 is 37.3 Å². The van der Waals surface area contributed by atoms with Crippen LogP contribution in [0.2, 0.25) is 0 Å². The topological polar surface area (TPSA) is 62.3 Å². The maximum absolute atomic E-state index is 12.2. The molecule has 1 heterocycles. The minimum Gasteiger partial charge on any atom is -0.381 e. The second-order valence-electron chi connectivity index (χ2n) is 5.70. The second-order valence-corrected chi connectivity index (χ2v) is 9.09. The molecule has 5 nitrogen and oxygen atoms in total. The van der Waals surface area contributed by atoms with Gasteiger partial charge in [-0.25, -0.2) is 17.7 Å². The van der Waals surface area contributed by atoms with Crippen LogP contribution in [-0.4, -0.2) is 31.8 Å². The van der Waals surface area contributed by atoms with Crippen LogP contribution in [0.5, 0.6) is 0 Å². The first-order chi connectivity index (χ1) is 11.4. The highest BCUT2D eigenvalue weighted by Crippen LogP contribution is 2.25. The van der Waals surface area contributed by atoms with Gasteiger partial charge in [-0.1, -0.05) is 12.1 Å². The fourth-order valence-electron chi connectivity index (χ4n) is 2.38. The Kier molecular flexibility index (Phi) is 4.58. The molecule has 0 aliphatic heterocycles. The van der Waals surface area contributed by atoms with Crippen LogP contribution in [0.15, 0.2) is 47.4 Å². The van der Waals surface area contributed by atoms with Crippen molar-refractivity contribution in [1.82, 2.24) is 9.29 Å². The molecule has 0 unspecified atom stereocenters. The van der Waals surface area contributed by atoms with Gasteiger partial charge in [0.1, 0.15) is 0 Å². The molecule has 24 heavy (non-hydrogen) atoms. The first kappa shape index (κ1) is 16.9. The van der Waals surface area contributed by atoms with Crippen LogP contribution in [0.4, 0.5) is 5.69 Å². The minimum absolute atomic E-state index is 0.306. The number of aryl methyl sites for hydroxylation is 1. The molecule has 3 aromatic rings. The first-order valence-corrected chi connectivity index (χ1v) is 9.74. The van der Waals surface area contributed by atoms with Crippen molar-refractivity contribution in [3.05, 3.63) is 53.0 Å². The fourth-order valence-corrected chi connectivity index (χ4v) is 4.22. The number of nitrogens with one attached hydrogen (secondary N) is 1. The Morgan fingerprint density at radius 3 is 2.71 bits per heavy atom. The van der Waals surface area contributed by atoms with Gasteiger partial charge in [0.2, 0.25) is 10.0 Å². The zero-order valence-corrected chi connectivity index (χ0v) is 15.4. The monoisotopic (exact) mass is 361 g/mol. The molecule has 0 saturated heterocycles. The number of hydrogen-bond acceptors (Lipinski definition) is 5. The molecule has 2 aromatic carbocycles. The number of rotatable bonds is 5. The van der Waals surface area contributed by atoms with E-state index in [0.29, 0.717) is 11.4 Å². The third-order valence-corrected chi connectivity index (χ3v) is 6.41. The number of anilines is 1. The standard InChI is InChI=1S/C17H19N3O2S2/c1-12-19-16-8-7-14(10-17(16)23-12)18-11-13-5-4-6-15(9-13)24(21,22)20(2)3/h4-10,18H,11H2,1-3H3. The van der Waals surface area contributed by atoms with Gasteiger partial charge in [-0.3, -0.25) is 0 Å². The summed E-state index contributed by atoms with van der Waals surface area (Å²) in [4.78, 5) is 4.75. The number of aromatic nitrogens is 1. The molecule has 0 spiro atoms. The summed E-state index contributed by atoms with van der Waals surface area (Å²) in [6.45, 7) is 2.55. The summed E-state index contributed by atoms with van der Waals surface area (Å²) in [7, 11) is -0.341. The van der Waals surface area contributed by atoms with Crippen LogP contribution >= 0.6 is 11.3 Å². The number of fused-ring (bicyclic) bond motifs is 1. The summed E-state index contributed by atoms with van der Waals surface area (Å²) in [5, 5.41) is 4.39. The zero-order chi connectivity index (χ0) is 17.3. The van der Waals surface area contributed by atoms with E-state index in [1.165, 1.54) is 18.4 Å². The second kappa shape index (κ2) is 6.51. The van der Waals surface area contributed by atoms with Gasteiger partial charge in [0.25, 0.3) is 0 Å². The third-order valence-electron chi connectivity index (χ3n) is 3.67. The lowest BCUT2D eigenvalue weighted by Gasteiger charge is -2.13. The summed E-state index contributed by atoms with van der Waals surface area (Å²) in [6, 6.07) is 13.1. The lowest BCUT2D eigenvalue weighted by molar-refractivity contribution is 0.520.